The summed E-state index contributed by atoms with van der Waals surface area (Å²) in [5, 5.41) is 18.3. The van der Waals surface area contributed by atoms with Crippen LogP contribution in [0.2, 0.25) is 0 Å². The summed E-state index contributed by atoms with van der Waals surface area (Å²) in [6.07, 6.45) is -1.46. The molecule has 2 amide bonds. The summed E-state index contributed by atoms with van der Waals surface area (Å²) < 4.78 is 45.3. The molecular formula is C26H26F3N5O3S. The van der Waals surface area contributed by atoms with E-state index in [4.69, 9.17) is 15.9 Å². The van der Waals surface area contributed by atoms with E-state index in [2.05, 4.69) is 6.07 Å². The summed E-state index contributed by atoms with van der Waals surface area (Å²) in [6, 6.07) is 8.75. The van der Waals surface area contributed by atoms with Crippen molar-refractivity contribution in [2.24, 2.45) is 5.73 Å². The molecule has 0 aliphatic carbocycles. The van der Waals surface area contributed by atoms with Gasteiger partial charge in [-0.3, -0.25) is 15.2 Å². The summed E-state index contributed by atoms with van der Waals surface area (Å²) >= 11 is 1.63. The molecule has 0 saturated carbocycles. The Morgan fingerprint density at radius 2 is 1.95 bits per heavy atom. The van der Waals surface area contributed by atoms with Crippen LogP contribution in [0.25, 0.3) is 0 Å². The lowest BCUT2D eigenvalue weighted by molar-refractivity contribution is -0.138. The Morgan fingerprint density at radius 3 is 2.53 bits per heavy atom. The fourth-order valence-electron chi connectivity index (χ4n) is 4.43. The molecule has 0 aromatic heterocycles. The number of benzene rings is 2. The quantitative estimate of drug-likeness (QED) is 0.364. The van der Waals surface area contributed by atoms with E-state index < -0.39 is 35.7 Å². The molecule has 0 spiro atoms. The number of carbonyl (C=O) groups is 2. The highest BCUT2D eigenvalue weighted by Crippen LogP contribution is 2.42. The summed E-state index contributed by atoms with van der Waals surface area (Å²) in [7, 11) is 1.14. The van der Waals surface area contributed by atoms with Crippen LogP contribution in [0.4, 0.5) is 23.7 Å². The van der Waals surface area contributed by atoms with Crippen LogP contribution in [-0.2, 0) is 22.1 Å². The Hall–Kier alpha value is -3.98. The second kappa shape index (κ2) is 11.6. The van der Waals surface area contributed by atoms with Gasteiger partial charge in [-0.2, -0.15) is 30.2 Å². The highest BCUT2D eigenvalue weighted by molar-refractivity contribution is 7.98. The standard InChI is InChI=1S/C26H26F3N5O3S/c1-15-21(23(35)37-2)22(20-10-9-16(14-30)12-17(20)6-5-11-38-3)34(25(32)36)24(31)33(15)19-8-4-7-18(13-19)26(27,28)29/h4,7-10,12-13,22,31H,5-6,11H2,1-3H3,(H2,32,36)/t22-/m1/s1. The summed E-state index contributed by atoms with van der Waals surface area (Å²) in [6.45, 7) is 1.46. The minimum absolute atomic E-state index is 0.0736. The van der Waals surface area contributed by atoms with E-state index in [0.717, 1.165) is 41.2 Å². The molecule has 2 aromatic carbocycles. The average Bonchev–Trinajstić information content (AvgIpc) is 2.87. The number of allylic oxidation sites excluding steroid dienone is 1. The normalized spacial score (nSPS) is 15.9. The van der Waals surface area contributed by atoms with E-state index >= 15 is 0 Å². The lowest BCUT2D eigenvalue weighted by atomic mass is 9.87. The average molecular weight is 546 g/mol. The van der Waals surface area contributed by atoms with Gasteiger partial charge >= 0.3 is 18.2 Å². The minimum Gasteiger partial charge on any atom is -0.466 e. The lowest BCUT2D eigenvalue weighted by Gasteiger charge is -2.43. The van der Waals surface area contributed by atoms with E-state index in [1.807, 2.05) is 6.26 Å². The SMILES string of the molecule is COC(=O)C1=C(C)N(c2cccc(C(F)(F)F)c2)C(=N)N(C(N)=O)[C@@H]1c1ccc(C#N)cc1CCCSC. The molecule has 38 heavy (non-hydrogen) atoms. The zero-order valence-electron chi connectivity index (χ0n) is 20.9. The monoisotopic (exact) mass is 545 g/mol. The summed E-state index contributed by atoms with van der Waals surface area (Å²) in [4.78, 5) is 27.8. The van der Waals surface area contributed by atoms with Gasteiger partial charge in [0, 0.05) is 11.4 Å². The van der Waals surface area contributed by atoms with Crippen LogP contribution in [0, 0.1) is 16.7 Å². The van der Waals surface area contributed by atoms with E-state index in [1.165, 1.54) is 25.1 Å². The number of nitrogens with two attached hydrogens (primary N) is 1. The van der Waals surface area contributed by atoms with Crippen LogP contribution < -0.4 is 10.6 Å². The van der Waals surface area contributed by atoms with Crippen LogP contribution in [0.5, 0.6) is 0 Å². The van der Waals surface area contributed by atoms with Crippen molar-refractivity contribution >= 4 is 35.4 Å². The van der Waals surface area contributed by atoms with Crippen LogP contribution in [-0.4, -0.2) is 42.0 Å². The third kappa shape index (κ3) is 5.62. The third-order valence-electron chi connectivity index (χ3n) is 6.13. The van der Waals surface area contributed by atoms with Crippen molar-refractivity contribution in [3.05, 3.63) is 76.0 Å². The molecule has 1 aliphatic heterocycles. The van der Waals surface area contributed by atoms with Gasteiger partial charge in [-0.05, 0) is 73.2 Å². The highest BCUT2D eigenvalue weighted by Gasteiger charge is 2.44. The molecular weight excluding hydrogens is 519 g/mol. The number of nitrogens with zero attached hydrogens (tertiary/aromatic N) is 3. The predicted molar refractivity (Wildman–Crippen MR) is 138 cm³/mol. The van der Waals surface area contributed by atoms with E-state index in [-0.39, 0.29) is 17.0 Å². The zero-order valence-corrected chi connectivity index (χ0v) is 21.7. The molecule has 0 unspecified atom stereocenters. The summed E-state index contributed by atoms with van der Waals surface area (Å²) in [5.41, 5.74) is 6.18. The Balaban J connectivity index is 2.31. The van der Waals surface area contributed by atoms with Crippen LogP contribution in [0.3, 0.4) is 0 Å². The Labute approximate surface area is 222 Å². The minimum atomic E-state index is -4.66. The van der Waals surface area contributed by atoms with Gasteiger partial charge in [-0.1, -0.05) is 12.1 Å². The molecule has 0 radical (unpaired) electrons. The lowest BCUT2D eigenvalue weighted by Crippen LogP contribution is -2.55. The van der Waals surface area contributed by atoms with Gasteiger partial charge in [-0.25, -0.2) is 9.59 Å². The number of methoxy groups -OCH3 is 1. The molecule has 2 aromatic rings. The fraction of sp³-hybridized carbons (Fsp3) is 0.308. The van der Waals surface area contributed by atoms with Crippen LogP contribution in [0.1, 0.15) is 41.6 Å². The number of amides is 2. The maximum absolute atomic E-state index is 13.4. The van der Waals surface area contributed by atoms with Gasteiger partial charge in [0.25, 0.3) is 0 Å². The first kappa shape index (κ1) is 28.6. The van der Waals surface area contributed by atoms with Gasteiger partial charge in [0.05, 0.1) is 29.9 Å². The topological polar surface area (TPSA) is 124 Å². The van der Waals surface area contributed by atoms with Gasteiger partial charge in [0.1, 0.15) is 6.04 Å². The Bertz CT molecular complexity index is 1340. The number of rotatable bonds is 7. The number of urea groups is 1. The molecule has 200 valence electrons. The first-order chi connectivity index (χ1) is 18.0. The number of nitrogens with one attached hydrogen (secondary N) is 1. The Morgan fingerprint density at radius 1 is 1.24 bits per heavy atom. The molecule has 0 saturated heterocycles. The van der Waals surface area contributed by atoms with Crippen molar-refractivity contribution in [2.45, 2.75) is 32.0 Å². The van der Waals surface area contributed by atoms with E-state index in [1.54, 1.807) is 23.9 Å². The number of esters is 1. The molecule has 1 aliphatic rings. The first-order valence-corrected chi connectivity index (χ1v) is 12.8. The molecule has 1 atom stereocenters. The van der Waals surface area contributed by atoms with Gasteiger partial charge in [-0.15, -0.1) is 0 Å². The molecule has 0 bridgehead atoms. The van der Waals surface area contributed by atoms with Crippen LogP contribution >= 0.6 is 11.8 Å². The third-order valence-corrected chi connectivity index (χ3v) is 6.83. The number of ether oxygens (including phenoxy) is 1. The maximum Gasteiger partial charge on any atom is 0.416 e. The smallest absolute Gasteiger partial charge is 0.416 e. The van der Waals surface area contributed by atoms with Crippen molar-refractivity contribution in [3.63, 3.8) is 0 Å². The number of anilines is 1. The molecule has 1 heterocycles. The molecule has 8 nitrogen and oxygen atoms in total. The second-order valence-electron chi connectivity index (χ2n) is 8.43. The van der Waals surface area contributed by atoms with Crippen molar-refractivity contribution in [1.29, 1.82) is 10.7 Å². The largest absolute Gasteiger partial charge is 0.466 e. The predicted octanol–water partition coefficient (Wildman–Crippen LogP) is 5.20. The number of primary amides is 1. The number of carbonyl (C=O) groups excluding carboxylic acids is 2. The van der Waals surface area contributed by atoms with E-state index in [0.29, 0.717) is 23.1 Å². The Kier molecular flexibility index (Phi) is 8.73. The molecule has 3 rings (SSSR count). The van der Waals surface area contributed by atoms with Crippen molar-refractivity contribution in [1.82, 2.24) is 4.90 Å². The van der Waals surface area contributed by atoms with Gasteiger partial charge < -0.3 is 10.5 Å². The number of nitriles is 1. The van der Waals surface area contributed by atoms with Crippen molar-refractivity contribution in [3.8, 4) is 6.07 Å². The number of hydrogen-bond donors (Lipinski definition) is 2. The number of alkyl halides is 3. The maximum atomic E-state index is 13.4. The van der Waals surface area contributed by atoms with Crippen LogP contribution in [0.15, 0.2) is 53.7 Å². The molecule has 12 heteroatoms. The number of halogens is 3. The van der Waals surface area contributed by atoms with Crippen molar-refractivity contribution < 1.29 is 27.5 Å². The molecule has 3 N–H and O–H groups in total. The van der Waals surface area contributed by atoms with E-state index in [9.17, 15) is 28.0 Å². The fourth-order valence-corrected chi connectivity index (χ4v) is 4.87. The number of aryl methyl sites for hydroxylation is 1. The second-order valence-corrected chi connectivity index (χ2v) is 9.42. The number of thioether (sulfide) groups is 1. The van der Waals surface area contributed by atoms with Gasteiger partial charge in [0.15, 0.2) is 0 Å². The van der Waals surface area contributed by atoms with Crippen molar-refractivity contribution in [2.75, 3.05) is 24.0 Å². The highest BCUT2D eigenvalue weighted by atomic mass is 32.2. The van der Waals surface area contributed by atoms with Gasteiger partial charge in [0.2, 0.25) is 5.96 Å². The molecule has 0 fully saturated rings. The zero-order chi connectivity index (χ0) is 28.2. The number of hydrogen-bond acceptors (Lipinski definition) is 6. The summed E-state index contributed by atoms with van der Waals surface area (Å²) in [5.74, 6) is -0.563. The first-order valence-electron chi connectivity index (χ1n) is 11.4. The number of guanidine groups is 1.